The summed E-state index contributed by atoms with van der Waals surface area (Å²) in [6.45, 7) is 3.93. The predicted octanol–water partition coefficient (Wildman–Crippen LogP) is 4.46. The number of rotatable bonds is 4. The topological polar surface area (TPSA) is 61.9 Å². The van der Waals surface area contributed by atoms with Gasteiger partial charge in [0.1, 0.15) is 0 Å². The minimum Gasteiger partial charge on any atom is -0.360 e. The van der Waals surface area contributed by atoms with E-state index in [1.165, 1.54) is 32.1 Å². The summed E-state index contributed by atoms with van der Waals surface area (Å²) in [6.07, 6.45) is 6.32. The standard InChI is InChI=1S/C19H25N5S/c1-13-11-14(2)21-18(20-13)22-16-9-6-10-17(12-16)24-19(25)23-15-7-4-3-5-8-15/h6,9-12,15H,3-5,7-8H2,1-2H3,(H,20,21,22)(H2,23,24,25). The summed E-state index contributed by atoms with van der Waals surface area (Å²) in [4.78, 5) is 8.83. The Bertz CT molecular complexity index is 720. The highest BCUT2D eigenvalue weighted by Crippen LogP contribution is 2.20. The largest absolute Gasteiger partial charge is 0.360 e. The van der Waals surface area contributed by atoms with E-state index in [-0.39, 0.29) is 0 Å². The fourth-order valence-electron chi connectivity index (χ4n) is 3.19. The van der Waals surface area contributed by atoms with Crippen LogP contribution in [0.5, 0.6) is 0 Å². The van der Waals surface area contributed by atoms with E-state index in [4.69, 9.17) is 12.2 Å². The van der Waals surface area contributed by atoms with Crippen LogP contribution in [0.2, 0.25) is 0 Å². The minimum atomic E-state index is 0.499. The summed E-state index contributed by atoms with van der Waals surface area (Å²) < 4.78 is 0. The number of nitrogens with zero attached hydrogens (tertiary/aromatic N) is 2. The molecule has 2 aromatic rings. The van der Waals surface area contributed by atoms with Crippen molar-refractivity contribution < 1.29 is 0 Å². The molecule has 0 spiro atoms. The number of aromatic nitrogens is 2. The van der Waals surface area contributed by atoms with Crippen molar-refractivity contribution in [3.8, 4) is 0 Å². The van der Waals surface area contributed by atoms with Crippen LogP contribution < -0.4 is 16.0 Å². The van der Waals surface area contributed by atoms with E-state index >= 15 is 0 Å². The van der Waals surface area contributed by atoms with Crippen LogP contribution in [0.3, 0.4) is 0 Å². The lowest BCUT2D eigenvalue weighted by molar-refractivity contribution is 0.415. The minimum absolute atomic E-state index is 0.499. The molecule has 6 heteroatoms. The van der Waals surface area contributed by atoms with E-state index in [0.717, 1.165) is 22.8 Å². The van der Waals surface area contributed by atoms with Crippen molar-refractivity contribution in [3.63, 3.8) is 0 Å². The van der Waals surface area contributed by atoms with Crippen LogP contribution in [-0.4, -0.2) is 21.1 Å². The molecule has 25 heavy (non-hydrogen) atoms. The molecule has 3 N–H and O–H groups in total. The molecular formula is C19H25N5S. The molecule has 132 valence electrons. The lowest BCUT2D eigenvalue weighted by Crippen LogP contribution is -2.38. The van der Waals surface area contributed by atoms with Crippen molar-refractivity contribution in [1.82, 2.24) is 15.3 Å². The van der Waals surface area contributed by atoms with Gasteiger partial charge in [0, 0.05) is 28.8 Å². The second kappa shape index (κ2) is 8.25. The van der Waals surface area contributed by atoms with Crippen LogP contribution in [0.1, 0.15) is 43.5 Å². The second-order valence-corrected chi connectivity index (χ2v) is 7.02. The quantitative estimate of drug-likeness (QED) is 0.704. The normalized spacial score (nSPS) is 14.8. The first-order chi connectivity index (χ1) is 12.1. The van der Waals surface area contributed by atoms with Gasteiger partial charge in [0.25, 0.3) is 0 Å². The number of hydrogen-bond donors (Lipinski definition) is 3. The first-order valence-corrected chi connectivity index (χ1v) is 9.26. The van der Waals surface area contributed by atoms with E-state index < -0.39 is 0 Å². The molecule has 1 aliphatic rings. The van der Waals surface area contributed by atoms with Crippen molar-refractivity contribution in [1.29, 1.82) is 0 Å². The summed E-state index contributed by atoms with van der Waals surface area (Å²) in [5, 5.41) is 10.6. The highest BCUT2D eigenvalue weighted by Gasteiger charge is 2.14. The summed E-state index contributed by atoms with van der Waals surface area (Å²) in [5.41, 5.74) is 3.77. The first-order valence-electron chi connectivity index (χ1n) is 8.85. The Morgan fingerprint density at radius 2 is 1.68 bits per heavy atom. The zero-order chi connectivity index (χ0) is 17.6. The Morgan fingerprint density at radius 1 is 1.00 bits per heavy atom. The third kappa shape index (κ3) is 5.39. The average Bonchev–Trinajstić information content (AvgIpc) is 2.55. The third-order valence-corrected chi connectivity index (χ3v) is 4.52. The van der Waals surface area contributed by atoms with E-state index in [2.05, 4.69) is 25.9 Å². The highest BCUT2D eigenvalue weighted by molar-refractivity contribution is 7.80. The number of aryl methyl sites for hydroxylation is 2. The summed E-state index contributed by atoms with van der Waals surface area (Å²) in [7, 11) is 0. The second-order valence-electron chi connectivity index (χ2n) is 6.61. The van der Waals surface area contributed by atoms with Crippen LogP contribution >= 0.6 is 12.2 Å². The fraction of sp³-hybridized carbons (Fsp3) is 0.421. The number of benzene rings is 1. The lowest BCUT2D eigenvalue weighted by atomic mass is 9.96. The molecule has 0 atom stereocenters. The maximum Gasteiger partial charge on any atom is 0.227 e. The van der Waals surface area contributed by atoms with Crippen molar-refractivity contribution in [2.75, 3.05) is 10.6 Å². The van der Waals surface area contributed by atoms with Crippen LogP contribution in [0, 0.1) is 13.8 Å². The fourth-order valence-corrected chi connectivity index (χ4v) is 3.47. The van der Waals surface area contributed by atoms with Crippen molar-refractivity contribution >= 4 is 34.7 Å². The van der Waals surface area contributed by atoms with E-state index in [1.807, 2.05) is 44.2 Å². The number of thiocarbonyl (C=S) groups is 1. The number of nitrogens with one attached hydrogen (secondary N) is 3. The highest BCUT2D eigenvalue weighted by atomic mass is 32.1. The molecule has 3 rings (SSSR count). The SMILES string of the molecule is Cc1cc(C)nc(Nc2cccc(NC(=S)NC3CCCCC3)c2)n1. The van der Waals surface area contributed by atoms with Gasteiger partial charge in [-0.1, -0.05) is 25.3 Å². The maximum atomic E-state index is 5.46. The van der Waals surface area contributed by atoms with E-state index in [1.54, 1.807) is 0 Å². The molecule has 0 aliphatic heterocycles. The molecule has 1 heterocycles. The number of hydrogen-bond acceptors (Lipinski definition) is 4. The van der Waals surface area contributed by atoms with Crippen LogP contribution in [0.15, 0.2) is 30.3 Å². The Balaban J connectivity index is 1.61. The van der Waals surface area contributed by atoms with Gasteiger partial charge in [0.05, 0.1) is 0 Å². The Labute approximate surface area is 154 Å². The summed E-state index contributed by atoms with van der Waals surface area (Å²) in [6, 6.07) is 10.4. The van der Waals surface area contributed by atoms with E-state index in [0.29, 0.717) is 17.1 Å². The summed E-state index contributed by atoms with van der Waals surface area (Å²) >= 11 is 5.46. The van der Waals surface area contributed by atoms with Crippen LogP contribution in [0.25, 0.3) is 0 Å². The van der Waals surface area contributed by atoms with Gasteiger partial charge in [-0.2, -0.15) is 0 Å². The number of anilines is 3. The van der Waals surface area contributed by atoms with Crippen LogP contribution in [0.4, 0.5) is 17.3 Å². The molecule has 1 saturated carbocycles. The Morgan fingerprint density at radius 3 is 2.40 bits per heavy atom. The molecule has 1 fully saturated rings. The lowest BCUT2D eigenvalue weighted by Gasteiger charge is -2.24. The molecule has 1 aromatic carbocycles. The molecule has 0 amide bonds. The van der Waals surface area contributed by atoms with Crippen molar-refractivity contribution in [2.24, 2.45) is 0 Å². The monoisotopic (exact) mass is 355 g/mol. The van der Waals surface area contributed by atoms with E-state index in [9.17, 15) is 0 Å². The van der Waals surface area contributed by atoms with Gasteiger partial charge in [-0.3, -0.25) is 0 Å². The third-order valence-electron chi connectivity index (χ3n) is 4.30. The molecule has 0 saturated heterocycles. The molecule has 0 unspecified atom stereocenters. The Hall–Kier alpha value is -2.21. The van der Waals surface area contributed by atoms with Gasteiger partial charge in [-0.05, 0) is 63.2 Å². The summed E-state index contributed by atoms with van der Waals surface area (Å²) in [5.74, 6) is 0.609. The van der Waals surface area contributed by atoms with Gasteiger partial charge in [-0.25, -0.2) is 9.97 Å². The van der Waals surface area contributed by atoms with Gasteiger partial charge < -0.3 is 16.0 Å². The molecule has 1 aromatic heterocycles. The molecular weight excluding hydrogens is 330 g/mol. The molecule has 0 bridgehead atoms. The Kier molecular flexibility index (Phi) is 5.81. The van der Waals surface area contributed by atoms with Gasteiger partial charge in [-0.15, -0.1) is 0 Å². The zero-order valence-electron chi connectivity index (χ0n) is 14.8. The maximum absolute atomic E-state index is 5.46. The smallest absolute Gasteiger partial charge is 0.227 e. The molecule has 0 radical (unpaired) electrons. The van der Waals surface area contributed by atoms with Gasteiger partial charge in [0.15, 0.2) is 5.11 Å². The van der Waals surface area contributed by atoms with Crippen LogP contribution in [-0.2, 0) is 0 Å². The first kappa shape index (κ1) is 17.6. The molecule has 5 nitrogen and oxygen atoms in total. The molecule has 1 aliphatic carbocycles. The average molecular weight is 356 g/mol. The van der Waals surface area contributed by atoms with Gasteiger partial charge >= 0.3 is 0 Å². The van der Waals surface area contributed by atoms with Crippen molar-refractivity contribution in [3.05, 3.63) is 41.7 Å². The van der Waals surface area contributed by atoms with Gasteiger partial charge in [0.2, 0.25) is 5.95 Å². The predicted molar refractivity (Wildman–Crippen MR) is 107 cm³/mol. The zero-order valence-corrected chi connectivity index (χ0v) is 15.6. The van der Waals surface area contributed by atoms with Crippen molar-refractivity contribution in [2.45, 2.75) is 52.0 Å².